The second kappa shape index (κ2) is 5.52. The molecule has 0 nitrogen and oxygen atoms in total. The molecular weight excluding hydrogens is 307 g/mol. The van der Waals surface area contributed by atoms with E-state index in [4.69, 9.17) is 9.29 Å². The second-order valence-electron chi connectivity index (χ2n) is 3.37. The first kappa shape index (κ1) is 11.0. The topological polar surface area (TPSA) is 0 Å². The molecule has 0 fully saturated rings. The van der Waals surface area contributed by atoms with Crippen molar-refractivity contribution in [2.45, 2.75) is 3.93 Å². The molecule has 15 heavy (non-hydrogen) atoms. The van der Waals surface area contributed by atoms with Crippen molar-refractivity contribution in [1.29, 1.82) is 0 Å². The quantitative estimate of drug-likeness (QED) is 0.780. The maximum absolute atomic E-state index is 5.41. The molecule has 0 unspecified atom stereocenters. The van der Waals surface area contributed by atoms with Gasteiger partial charge in [-0.2, -0.15) is 0 Å². The fraction of sp³-hybridized carbons (Fsp3) is 0.0769. The molecule has 2 heteroatoms. The Bertz CT molecular complexity index is 385. The van der Waals surface area contributed by atoms with E-state index in [1.165, 1.54) is 11.1 Å². The van der Waals surface area contributed by atoms with Crippen molar-refractivity contribution in [3.63, 3.8) is 0 Å². The van der Waals surface area contributed by atoms with E-state index in [9.17, 15) is 0 Å². The molecule has 1 radical (unpaired) electrons. The summed E-state index contributed by atoms with van der Waals surface area (Å²) in [6.45, 7) is 0. The zero-order valence-electron chi connectivity index (χ0n) is 8.26. The van der Waals surface area contributed by atoms with E-state index in [1.54, 1.807) is 0 Å². The third-order valence-corrected chi connectivity index (χ3v) is 6.54. The average Bonchev–Trinajstić information content (AvgIpc) is 2.33. The van der Waals surface area contributed by atoms with Gasteiger partial charge in [-0.05, 0) is 0 Å². The van der Waals surface area contributed by atoms with E-state index in [2.05, 4.69) is 60.7 Å². The predicted molar refractivity (Wildman–Crippen MR) is 68.1 cm³/mol. The summed E-state index contributed by atoms with van der Waals surface area (Å²) in [6, 6.07) is 21.2. The zero-order valence-corrected chi connectivity index (χ0v) is 11.9. The summed E-state index contributed by atoms with van der Waals surface area (Å²) >= 11 is -0.758. The Morgan fingerprint density at radius 3 is 1.47 bits per heavy atom. The van der Waals surface area contributed by atoms with Gasteiger partial charge < -0.3 is 0 Å². The van der Waals surface area contributed by atoms with Crippen LogP contribution in [0.5, 0.6) is 0 Å². The number of hydrogen-bond acceptors (Lipinski definition) is 1. The Hall–Kier alpha value is -0.541. The van der Waals surface area contributed by atoms with Crippen LogP contribution in [0, 0.1) is 0 Å². The van der Waals surface area contributed by atoms with Gasteiger partial charge in [-0.15, -0.1) is 0 Å². The van der Waals surface area contributed by atoms with Crippen molar-refractivity contribution in [1.82, 2.24) is 0 Å². The van der Waals surface area contributed by atoms with E-state index < -0.39 is 19.2 Å². The normalized spacial score (nSPS) is 10.2. The van der Waals surface area contributed by atoms with Crippen LogP contribution in [0.4, 0.5) is 0 Å². The Labute approximate surface area is 104 Å². The summed E-state index contributed by atoms with van der Waals surface area (Å²) in [5.41, 5.74) is 2.76. The average molecular weight is 318 g/mol. The van der Waals surface area contributed by atoms with Crippen LogP contribution >= 0.6 is 9.29 Å². The van der Waals surface area contributed by atoms with E-state index in [0.29, 0.717) is 3.93 Å². The van der Waals surface area contributed by atoms with Crippen molar-refractivity contribution < 1.29 is 0 Å². The summed E-state index contributed by atoms with van der Waals surface area (Å²) in [4.78, 5) is 0. The molecular formula is C13H11SSn. The fourth-order valence-electron chi connectivity index (χ4n) is 1.62. The molecule has 0 saturated heterocycles. The van der Waals surface area contributed by atoms with Gasteiger partial charge in [0.2, 0.25) is 0 Å². The van der Waals surface area contributed by atoms with Crippen LogP contribution in [-0.2, 0) is 0 Å². The van der Waals surface area contributed by atoms with Crippen LogP contribution in [-0.4, -0.2) is 19.2 Å². The monoisotopic (exact) mass is 319 g/mol. The Morgan fingerprint density at radius 2 is 1.13 bits per heavy atom. The van der Waals surface area contributed by atoms with E-state index >= 15 is 0 Å². The summed E-state index contributed by atoms with van der Waals surface area (Å²) in [6.07, 6.45) is 0. The second-order valence-corrected chi connectivity index (χ2v) is 7.27. The summed E-state index contributed by atoms with van der Waals surface area (Å²) in [7, 11) is 5.41. The van der Waals surface area contributed by atoms with E-state index in [1.807, 2.05) is 0 Å². The fourth-order valence-corrected chi connectivity index (χ4v) is 5.32. The molecule has 0 aliphatic rings. The van der Waals surface area contributed by atoms with Gasteiger partial charge in [0.25, 0.3) is 0 Å². The molecule has 73 valence electrons. The first-order chi connectivity index (χ1) is 7.42. The third kappa shape index (κ3) is 2.73. The van der Waals surface area contributed by atoms with Gasteiger partial charge in [-0.25, -0.2) is 0 Å². The van der Waals surface area contributed by atoms with Crippen molar-refractivity contribution in [2.24, 2.45) is 0 Å². The summed E-state index contributed by atoms with van der Waals surface area (Å²) in [5, 5.41) is 0. The van der Waals surface area contributed by atoms with Gasteiger partial charge in [0.15, 0.2) is 0 Å². The molecule has 0 spiro atoms. The van der Waals surface area contributed by atoms with Crippen LogP contribution in [0.2, 0.25) is 0 Å². The number of hydrogen-bond donors (Lipinski definition) is 0. The van der Waals surface area contributed by atoms with Crippen LogP contribution in [0.3, 0.4) is 0 Å². The molecule has 0 aliphatic heterocycles. The molecule has 0 N–H and O–H groups in total. The first-order valence-corrected chi connectivity index (χ1v) is 10.4. The van der Waals surface area contributed by atoms with Gasteiger partial charge in [0.1, 0.15) is 0 Å². The van der Waals surface area contributed by atoms with Crippen LogP contribution in [0.1, 0.15) is 15.1 Å². The zero-order chi connectivity index (χ0) is 10.5. The Balaban J connectivity index is 2.38. The van der Waals surface area contributed by atoms with Gasteiger partial charge in [-0.1, -0.05) is 0 Å². The Morgan fingerprint density at radius 1 is 0.733 bits per heavy atom. The Kier molecular flexibility index (Phi) is 4.03. The van der Waals surface area contributed by atoms with Crippen LogP contribution in [0.25, 0.3) is 0 Å². The number of benzene rings is 2. The molecule has 0 heterocycles. The standard InChI is InChI=1S/C13H11.S.Sn/c1-3-7-12(8-4-1)11-13-9-5-2-6-10-13;;/h1-11H;;. The first-order valence-electron chi connectivity index (χ1n) is 4.89. The van der Waals surface area contributed by atoms with Crippen LogP contribution in [0.15, 0.2) is 60.7 Å². The minimum atomic E-state index is -0.758. The molecule has 0 atom stereocenters. The van der Waals surface area contributed by atoms with E-state index in [0.717, 1.165) is 0 Å². The minimum absolute atomic E-state index is 0.519. The molecule has 2 aromatic carbocycles. The van der Waals surface area contributed by atoms with Crippen molar-refractivity contribution in [3.05, 3.63) is 71.8 Å². The van der Waals surface area contributed by atoms with Gasteiger partial charge >= 0.3 is 104 Å². The SMILES string of the molecule is [S]=[Sn][CH](c1ccccc1)c1ccccc1. The van der Waals surface area contributed by atoms with Gasteiger partial charge in [-0.3, -0.25) is 0 Å². The van der Waals surface area contributed by atoms with Gasteiger partial charge in [0, 0.05) is 0 Å². The summed E-state index contributed by atoms with van der Waals surface area (Å²) < 4.78 is 0.519. The molecule has 0 bridgehead atoms. The predicted octanol–water partition coefficient (Wildman–Crippen LogP) is 3.59. The summed E-state index contributed by atoms with van der Waals surface area (Å²) in [5.74, 6) is 0. The third-order valence-electron chi connectivity index (χ3n) is 2.38. The van der Waals surface area contributed by atoms with Crippen molar-refractivity contribution >= 4 is 28.5 Å². The molecule has 0 saturated carbocycles. The molecule has 2 aromatic rings. The van der Waals surface area contributed by atoms with Crippen LogP contribution < -0.4 is 0 Å². The van der Waals surface area contributed by atoms with E-state index in [-0.39, 0.29) is 0 Å². The molecule has 2 rings (SSSR count). The van der Waals surface area contributed by atoms with Crippen molar-refractivity contribution in [2.75, 3.05) is 0 Å². The van der Waals surface area contributed by atoms with Crippen molar-refractivity contribution in [3.8, 4) is 0 Å². The molecule has 0 amide bonds. The molecule has 0 aliphatic carbocycles. The maximum atomic E-state index is 5.41. The number of rotatable bonds is 3. The van der Waals surface area contributed by atoms with Gasteiger partial charge in [0.05, 0.1) is 0 Å². The molecule has 0 aromatic heterocycles.